The van der Waals surface area contributed by atoms with Crippen molar-refractivity contribution in [3.8, 4) is 17.0 Å². The van der Waals surface area contributed by atoms with Gasteiger partial charge in [-0.15, -0.1) is 0 Å². The molecule has 3 heterocycles. The first-order valence-electron chi connectivity index (χ1n) is 11.3. The van der Waals surface area contributed by atoms with Gasteiger partial charge < -0.3 is 20.3 Å². The number of rotatable bonds is 7. The second-order valence-corrected chi connectivity index (χ2v) is 8.55. The first-order chi connectivity index (χ1) is 16.6. The van der Waals surface area contributed by atoms with Crippen LogP contribution in [0.15, 0.2) is 67.0 Å². The number of hydrogen-bond acceptors (Lipinski definition) is 6. The Morgan fingerprint density at radius 1 is 1.15 bits per heavy atom. The van der Waals surface area contributed by atoms with Gasteiger partial charge >= 0.3 is 0 Å². The normalized spacial score (nSPS) is 12.9. The summed E-state index contributed by atoms with van der Waals surface area (Å²) in [7, 11) is 3.96. The van der Waals surface area contributed by atoms with Crippen molar-refractivity contribution in [3.05, 3.63) is 78.1 Å². The molecule has 174 valence electrons. The molecule has 1 aliphatic rings. The number of likely N-dealkylation sites (N-methyl/N-ethyl adjacent to an activating group) is 1. The summed E-state index contributed by atoms with van der Waals surface area (Å²) >= 11 is 0. The number of anilines is 2. The minimum Gasteiger partial charge on any atom is -0.478 e. The molecule has 1 aliphatic heterocycles. The van der Waals surface area contributed by atoms with E-state index in [-0.39, 0.29) is 5.91 Å². The fourth-order valence-electron chi connectivity index (χ4n) is 4.03. The lowest BCUT2D eigenvalue weighted by Crippen LogP contribution is -2.31. The zero-order chi connectivity index (χ0) is 23.5. The Hall–Kier alpha value is -3.88. The largest absolute Gasteiger partial charge is 0.478 e. The zero-order valence-corrected chi connectivity index (χ0v) is 19.3. The lowest BCUT2D eigenvalue weighted by molar-refractivity contribution is 0.0951. The maximum absolute atomic E-state index is 12.3. The maximum Gasteiger partial charge on any atom is 0.251 e. The summed E-state index contributed by atoms with van der Waals surface area (Å²) in [6, 6.07) is 17.9. The highest BCUT2D eigenvalue weighted by molar-refractivity contribution is 5.94. The summed E-state index contributed by atoms with van der Waals surface area (Å²) in [6.45, 7) is 2.75. The van der Waals surface area contributed by atoms with Gasteiger partial charge in [-0.25, -0.2) is 4.98 Å². The van der Waals surface area contributed by atoms with E-state index in [1.165, 1.54) is 0 Å². The van der Waals surface area contributed by atoms with Crippen LogP contribution in [0.2, 0.25) is 0 Å². The van der Waals surface area contributed by atoms with E-state index in [2.05, 4.69) is 43.5 Å². The fourth-order valence-corrected chi connectivity index (χ4v) is 4.03. The summed E-state index contributed by atoms with van der Waals surface area (Å²) in [6.07, 6.45) is 3.76. The van der Waals surface area contributed by atoms with Crippen LogP contribution in [-0.2, 0) is 6.54 Å². The van der Waals surface area contributed by atoms with Crippen LogP contribution >= 0.6 is 0 Å². The molecule has 8 heteroatoms. The molecule has 0 aliphatic carbocycles. The van der Waals surface area contributed by atoms with Crippen molar-refractivity contribution in [2.75, 3.05) is 39.2 Å². The van der Waals surface area contributed by atoms with Crippen LogP contribution in [0.5, 0.6) is 5.75 Å². The van der Waals surface area contributed by atoms with Gasteiger partial charge in [0, 0.05) is 48.8 Å². The molecule has 0 bridgehead atoms. The highest BCUT2D eigenvalue weighted by Gasteiger charge is 2.14. The molecule has 0 radical (unpaired) electrons. The molecule has 0 atom stereocenters. The quantitative estimate of drug-likeness (QED) is 0.395. The summed E-state index contributed by atoms with van der Waals surface area (Å²) < 4.78 is 7.73. The average molecular weight is 457 g/mol. The van der Waals surface area contributed by atoms with E-state index < -0.39 is 0 Å². The molecule has 2 aromatic carbocycles. The topological polar surface area (TPSA) is 82.9 Å². The van der Waals surface area contributed by atoms with Crippen LogP contribution in [0.4, 0.5) is 11.4 Å². The molecule has 0 spiro atoms. The van der Waals surface area contributed by atoms with Gasteiger partial charge in [-0.2, -0.15) is 0 Å². The first kappa shape index (κ1) is 21.9. The Labute approximate surface area is 198 Å². The van der Waals surface area contributed by atoms with E-state index in [9.17, 15) is 4.79 Å². The molecule has 3 N–H and O–H groups in total. The van der Waals surface area contributed by atoms with Crippen LogP contribution in [0.25, 0.3) is 16.9 Å². The number of imidazole rings is 1. The third-order valence-electron chi connectivity index (χ3n) is 5.82. The monoisotopic (exact) mass is 456 g/mol. The van der Waals surface area contributed by atoms with Gasteiger partial charge in [0.1, 0.15) is 12.5 Å². The molecule has 1 amide bonds. The second-order valence-electron chi connectivity index (χ2n) is 8.55. The predicted octanol–water partition coefficient (Wildman–Crippen LogP) is 3.48. The minimum atomic E-state index is -0.0703. The average Bonchev–Trinajstić information content (AvgIpc) is 3.35. The fraction of sp³-hybridized carbons (Fsp3) is 0.231. The number of amides is 1. The van der Waals surface area contributed by atoms with Crippen molar-refractivity contribution in [1.82, 2.24) is 24.9 Å². The number of ether oxygens (including phenoxy) is 1. The Balaban J connectivity index is 1.35. The van der Waals surface area contributed by atoms with E-state index >= 15 is 0 Å². The zero-order valence-electron chi connectivity index (χ0n) is 19.3. The Bertz CT molecular complexity index is 1310. The molecule has 8 nitrogen and oxygen atoms in total. The van der Waals surface area contributed by atoms with Crippen molar-refractivity contribution >= 4 is 22.9 Å². The Morgan fingerprint density at radius 2 is 2.00 bits per heavy atom. The van der Waals surface area contributed by atoms with Gasteiger partial charge in [-0.1, -0.05) is 0 Å². The molecular weight excluding hydrogens is 428 g/mol. The van der Waals surface area contributed by atoms with Gasteiger partial charge in [0.15, 0.2) is 5.65 Å². The van der Waals surface area contributed by atoms with Gasteiger partial charge in [0.25, 0.3) is 5.91 Å². The maximum atomic E-state index is 12.3. The number of aromatic nitrogens is 2. The first-order valence-corrected chi connectivity index (χ1v) is 11.3. The van der Waals surface area contributed by atoms with Crippen molar-refractivity contribution < 1.29 is 9.53 Å². The van der Waals surface area contributed by atoms with Crippen LogP contribution in [0, 0.1) is 0 Å². The number of hydrogen-bond donors (Lipinski definition) is 3. The number of benzene rings is 2. The second kappa shape index (κ2) is 9.54. The molecular formula is C26H28N6O2. The molecule has 34 heavy (non-hydrogen) atoms. The molecule has 5 rings (SSSR count). The number of carbonyl (C=O) groups is 1. The predicted molar refractivity (Wildman–Crippen MR) is 134 cm³/mol. The molecule has 4 aromatic rings. The summed E-state index contributed by atoms with van der Waals surface area (Å²) in [5.74, 6) is 0.858. The highest BCUT2D eigenvalue weighted by atomic mass is 16.5. The van der Waals surface area contributed by atoms with Gasteiger partial charge in [0.2, 0.25) is 0 Å². The molecule has 0 saturated heterocycles. The van der Waals surface area contributed by atoms with Crippen molar-refractivity contribution in [1.29, 1.82) is 0 Å². The summed E-state index contributed by atoms with van der Waals surface area (Å²) in [4.78, 5) is 18.9. The van der Waals surface area contributed by atoms with Crippen molar-refractivity contribution in [3.63, 3.8) is 0 Å². The smallest absolute Gasteiger partial charge is 0.251 e. The number of nitrogens with zero attached hydrogens (tertiary/aromatic N) is 3. The van der Waals surface area contributed by atoms with Crippen LogP contribution in [0.3, 0.4) is 0 Å². The number of pyridine rings is 1. The molecule has 0 saturated carbocycles. The molecule has 0 fully saturated rings. The Kier molecular flexibility index (Phi) is 6.16. The number of carbonyl (C=O) groups excluding carboxylic acids is 1. The number of fused-ring (bicyclic) bond motifs is 2. The lowest BCUT2D eigenvalue weighted by atomic mass is 10.1. The Morgan fingerprint density at radius 3 is 2.82 bits per heavy atom. The van der Waals surface area contributed by atoms with Crippen LogP contribution in [-0.4, -0.2) is 54.1 Å². The lowest BCUT2D eigenvalue weighted by Gasteiger charge is -2.19. The SMILES string of the molecule is CN(C)CCNC(=O)c1ccc(Nc2ccc(-c3ccc4c(c3)CNCO4)n3ccnc23)cc1. The third-order valence-corrected chi connectivity index (χ3v) is 5.82. The third kappa shape index (κ3) is 4.59. The molecule has 0 unspecified atom stereocenters. The number of nitrogens with one attached hydrogen (secondary N) is 3. The van der Waals surface area contributed by atoms with E-state index in [4.69, 9.17) is 4.74 Å². The van der Waals surface area contributed by atoms with Gasteiger partial charge in [-0.3, -0.25) is 14.5 Å². The summed E-state index contributed by atoms with van der Waals surface area (Å²) in [5.41, 5.74) is 6.54. The van der Waals surface area contributed by atoms with Crippen molar-refractivity contribution in [2.24, 2.45) is 0 Å². The van der Waals surface area contributed by atoms with E-state index in [0.717, 1.165) is 52.7 Å². The van der Waals surface area contributed by atoms with Crippen molar-refractivity contribution in [2.45, 2.75) is 6.54 Å². The molecule has 2 aromatic heterocycles. The summed E-state index contributed by atoms with van der Waals surface area (Å²) in [5, 5.41) is 9.60. The minimum absolute atomic E-state index is 0.0703. The van der Waals surface area contributed by atoms with E-state index in [1.807, 2.05) is 61.6 Å². The van der Waals surface area contributed by atoms with E-state index in [0.29, 0.717) is 18.8 Å². The van der Waals surface area contributed by atoms with Crippen LogP contribution < -0.4 is 20.7 Å². The van der Waals surface area contributed by atoms with Gasteiger partial charge in [-0.05, 0) is 74.3 Å². The standard InChI is InChI=1S/C26H28N6O2/c1-31(2)13-11-29-26(33)18-3-6-21(7-4-18)30-22-8-9-23(32-14-12-28-25(22)32)19-5-10-24-20(15-19)16-27-17-34-24/h3-10,12,14-15,27,30H,11,13,16-17H2,1-2H3,(H,29,33). The van der Waals surface area contributed by atoms with E-state index in [1.54, 1.807) is 6.20 Å². The van der Waals surface area contributed by atoms with Gasteiger partial charge in [0.05, 0.1) is 11.4 Å². The highest BCUT2D eigenvalue weighted by Crippen LogP contribution is 2.31. The van der Waals surface area contributed by atoms with Crippen LogP contribution in [0.1, 0.15) is 15.9 Å².